The van der Waals surface area contributed by atoms with E-state index < -0.39 is 29.3 Å². The van der Waals surface area contributed by atoms with Crippen LogP contribution in [-0.2, 0) is 0 Å². The van der Waals surface area contributed by atoms with Gasteiger partial charge in [-0.2, -0.15) is 0 Å². The fourth-order valence-electron chi connectivity index (χ4n) is 6.10. The van der Waals surface area contributed by atoms with Crippen LogP contribution < -0.4 is 0 Å². The summed E-state index contributed by atoms with van der Waals surface area (Å²) >= 11 is 0. The van der Waals surface area contributed by atoms with Crippen LogP contribution in [0.4, 0.5) is 0 Å². The van der Waals surface area contributed by atoms with Crippen molar-refractivity contribution in [3.05, 3.63) is 24.3 Å². The molecule has 0 bridgehead atoms. The van der Waals surface area contributed by atoms with Crippen molar-refractivity contribution in [3.63, 3.8) is 0 Å². The molecule has 4 rings (SSSR count). The lowest BCUT2D eigenvalue weighted by molar-refractivity contribution is -0.182. The van der Waals surface area contributed by atoms with Crippen LogP contribution >= 0.6 is 0 Å². The maximum atomic E-state index is 11.7. The minimum absolute atomic E-state index is 0.0609. The SMILES string of the molecule is C[C@]12C=CC(O)CC1C=C[C@H]1[C@@H]3CC(O)C(O)[C@@]3(C)CC[C@]12O. The number of rotatable bonds is 0. The highest BCUT2D eigenvalue weighted by molar-refractivity contribution is 5.30. The summed E-state index contributed by atoms with van der Waals surface area (Å²) in [6, 6.07) is 0. The molecule has 2 fully saturated rings. The van der Waals surface area contributed by atoms with E-state index in [2.05, 4.69) is 26.0 Å². The summed E-state index contributed by atoms with van der Waals surface area (Å²) < 4.78 is 0. The number of hydrogen-bond donors (Lipinski definition) is 4. The molecule has 0 aromatic carbocycles. The van der Waals surface area contributed by atoms with Gasteiger partial charge < -0.3 is 20.4 Å². The Bertz CT molecular complexity index is 572. The van der Waals surface area contributed by atoms with Crippen molar-refractivity contribution in [2.75, 3.05) is 0 Å². The largest absolute Gasteiger partial charge is 0.390 e. The Balaban J connectivity index is 1.78. The maximum absolute atomic E-state index is 11.7. The third kappa shape index (κ3) is 1.81. The lowest BCUT2D eigenvalue weighted by atomic mass is 9.46. The third-order valence-corrected chi connectivity index (χ3v) is 7.83. The monoisotopic (exact) mass is 320 g/mol. The highest BCUT2D eigenvalue weighted by atomic mass is 16.3. The van der Waals surface area contributed by atoms with Crippen molar-refractivity contribution in [1.29, 1.82) is 0 Å². The summed E-state index contributed by atoms with van der Waals surface area (Å²) in [6.45, 7) is 4.15. The van der Waals surface area contributed by atoms with Gasteiger partial charge in [0.15, 0.2) is 0 Å². The van der Waals surface area contributed by atoms with Crippen molar-refractivity contribution in [1.82, 2.24) is 0 Å². The van der Waals surface area contributed by atoms with Gasteiger partial charge in [0.25, 0.3) is 0 Å². The van der Waals surface area contributed by atoms with E-state index in [1.807, 2.05) is 12.2 Å². The molecule has 0 aromatic rings. The summed E-state index contributed by atoms with van der Waals surface area (Å²) in [5.41, 5.74) is -1.61. The van der Waals surface area contributed by atoms with Crippen LogP contribution in [0.15, 0.2) is 24.3 Å². The molecule has 0 heterocycles. The molecule has 0 saturated heterocycles. The first-order valence-corrected chi connectivity index (χ1v) is 8.87. The van der Waals surface area contributed by atoms with E-state index in [0.29, 0.717) is 19.3 Å². The molecule has 2 saturated carbocycles. The molecule has 4 unspecified atom stereocenters. The molecule has 23 heavy (non-hydrogen) atoms. The van der Waals surface area contributed by atoms with Crippen LogP contribution in [0, 0.1) is 28.6 Å². The van der Waals surface area contributed by atoms with Crippen molar-refractivity contribution in [2.45, 2.75) is 63.4 Å². The first kappa shape index (κ1) is 15.8. The van der Waals surface area contributed by atoms with Gasteiger partial charge in [-0.3, -0.25) is 0 Å². The molecule has 4 aliphatic carbocycles. The first-order valence-electron chi connectivity index (χ1n) is 8.87. The van der Waals surface area contributed by atoms with Crippen molar-refractivity contribution in [2.24, 2.45) is 28.6 Å². The molecule has 128 valence electrons. The average Bonchev–Trinajstić information content (AvgIpc) is 2.73. The van der Waals surface area contributed by atoms with Crippen LogP contribution in [0.3, 0.4) is 0 Å². The highest BCUT2D eigenvalue weighted by Crippen LogP contribution is 2.65. The number of fused-ring (bicyclic) bond motifs is 5. The molecule has 4 N–H and O–H groups in total. The van der Waals surface area contributed by atoms with Crippen LogP contribution in [0.25, 0.3) is 0 Å². The average molecular weight is 320 g/mol. The lowest BCUT2D eigenvalue weighted by Crippen LogP contribution is -2.63. The number of allylic oxidation sites excluding steroid dienone is 1. The van der Waals surface area contributed by atoms with Crippen LogP contribution in [0.2, 0.25) is 0 Å². The van der Waals surface area contributed by atoms with E-state index in [9.17, 15) is 20.4 Å². The summed E-state index contributed by atoms with van der Waals surface area (Å²) in [7, 11) is 0. The fourth-order valence-corrected chi connectivity index (χ4v) is 6.10. The van der Waals surface area contributed by atoms with Gasteiger partial charge in [0.1, 0.15) is 0 Å². The smallest absolute Gasteiger partial charge is 0.0855 e. The van der Waals surface area contributed by atoms with E-state index in [-0.39, 0.29) is 23.2 Å². The molecule has 0 spiro atoms. The molecule has 4 nitrogen and oxygen atoms in total. The van der Waals surface area contributed by atoms with E-state index >= 15 is 0 Å². The summed E-state index contributed by atoms with van der Waals surface area (Å²) in [6.07, 6.45) is 8.75. The zero-order chi connectivity index (χ0) is 16.6. The lowest BCUT2D eigenvalue weighted by Gasteiger charge is -2.61. The summed E-state index contributed by atoms with van der Waals surface area (Å²) in [4.78, 5) is 0. The quantitative estimate of drug-likeness (QED) is 0.509. The van der Waals surface area contributed by atoms with Crippen LogP contribution in [0.1, 0.15) is 39.5 Å². The van der Waals surface area contributed by atoms with Gasteiger partial charge in [-0.25, -0.2) is 0 Å². The molecular weight excluding hydrogens is 292 g/mol. The van der Waals surface area contributed by atoms with Gasteiger partial charge in [-0.15, -0.1) is 0 Å². The minimum Gasteiger partial charge on any atom is -0.390 e. The molecule has 4 heteroatoms. The zero-order valence-corrected chi connectivity index (χ0v) is 13.9. The number of hydrogen-bond acceptors (Lipinski definition) is 4. The minimum atomic E-state index is -0.878. The van der Waals surface area contributed by atoms with Crippen molar-refractivity contribution >= 4 is 0 Å². The molecule has 0 aromatic heterocycles. The Hall–Kier alpha value is -0.680. The third-order valence-electron chi connectivity index (χ3n) is 7.83. The molecule has 0 aliphatic heterocycles. The van der Waals surface area contributed by atoms with Crippen molar-refractivity contribution < 1.29 is 20.4 Å². The standard InChI is InChI=1S/C19H28O4/c1-17-7-8-19(23)13(14(17)10-15(21)16(17)22)4-3-11-9-12(20)5-6-18(11,19)2/h3-6,11-16,20-23H,7-10H2,1-2H3/t11?,12?,13-,14-,15?,16?,17-,18-,19-/m0/s1. The molecule has 0 radical (unpaired) electrons. The molecule has 0 amide bonds. The predicted octanol–water partition coefficient (Wildman–Crippen LogP) is 1.39. The van der Waals surface area contributed by atoms with Crippen LogP contribution in [-0.4, -0.2) is 44.3 Å². The van der Waals surface area contributed by atoms with Gasteiger partial charge >= 0.3 is 0 Å². The molecular formula is C19H28O4. The Morgan fingerprint density at radius 2 is 1.70 bits per heavy atom. The Morgan fingerprint density at radius 1 is 0.957 bits per heavy atom. The van der Waals surface area contributed by atoms with E-state index in [0.717, 1.165) is 6.42 Å². The number of aliphatic hydroxyl groups excluding tert-OH is 3. The van der Waals surface area contributed by atoms with Gasteiger partial charge in [0.05, 0.1) is 23.9 Å². The second kappa shape index (κ2) is 4.69. The second-order valence-electron chi connectivity index (χ2n) is 8.75. The van der Waals surface area contributed by atoms with E-state index in [4.69, 9.17) is 0 Å². The number of aliphatic hydroxyl groups is 4. The molecule has 9 atom stereocenters. The Kier molecular flexibility index (Phi) is 3.23. The first-order chi connectivity index (χ1) is 10.7. The second-order valence-corrected chi connectivity index (χ2v) is 8.75. The maximum Gasteiger partial charge on any atom is 0.0855 e. The Labute approximate surface area is 137 Å². The molecule has 4 aliphatic rings. The van der Waals surface area contributed by atoms with Crippen LogP contribution in [0.5, 0.6) is 0 Å². The highest BCUT2D eigenvalue weighted by Gasteiger charge is 2.66. The zero-order valence-electron chi connectivity index (χ0n) is 13.9. The van der Waals surface area contributed by atoms with Crippen molar-refractivity contribution in [3.8, 4) is 0 Å². The topological polar surface area (TPSA) is 80.9 Å². The van der Waals surface area contributed by atoms with E-state index in [1.165, 1.54) is 0 Å². The van der Waals surface area contributed by atoms with Gasteiger partial charge in [-0.1, -0.05) is 38.2 Å². The fraction of sp³-hybridized carbons (Fsp3) is 0.789. The Morgan fingerprint density at radius 3 is 2.43 bits per heavy atom. The predicted molar refractivity (Wildman–Crippen MR) is 86.4 cm³/mol. The van der Waals surface area contributed by atoms with E-state index in [1.54, 1.807) is 0 Å². The van der Waals surface area contributed by atoms with Gasteiger partial charge in [-0.05, 0) is 42.9 Å². The van der Waals surface area contributed by atoms with Gasteiger partial charge in [0, 0.05) is 11.3 Å². The summed E-state index contributed by atoms with van der Waals surface area (Å²) in [5, 5.41) is 42.3. The summed E-state index contributed by atoms with van der Waals surface area (Å²) in [5.74, 6) is 0.152. The normalized spacial score (nSPS) is 61.0. The van der Waals surface area contributed by atoms with Gasteiger partial charge in [0.2, 0.25) is 0 Å².